The van der Waals surface area contributed by atoms with Crippen LogP contribution < -0.4 is 0 Å². The van der Waals surface area contributed by atoms with Gasteiger partial charge in [-0.05, 0) is 37.5 Å². The molecular formula is C9H14O3. The molecule has 2 rings (SSSR count). The van der Waals surface area contributed by atoms with Crippen LogP contribution in [0.2, 0.25) is 0 Å². The Labute approximate surface area is 71.4 Å². The SMILES string of the molecule is O=C(O)C1(CCO)CC2CC2C1. The van der Waals surface area contributed by atoms with Crippen LogP contribution in [0, 0.1) is 17.3 Å². The molecule has 68 valence electrons. The lowest BCUT2D eigenvalue weighted by Crippen LogP contribution is -2.30. The molecule has 0 spiro atoms. The number of aliphatic hydroxyl groups excluding tert-OH is 1. The predicted molar refractivity (Wildman–Crippen MR) is 42.6 cm³/mol. The van der Waals surface area contributed by atoms with E-state index in [2.05, 4.69) is 0 Å². The van der Waals surface area contributed by atoms with Gasteiger partial charge in [0.05, 0.1) is 5.41 Å². The van der Waals surface area contributed by atoms with Crippen molar-refractivity contribution in [1.29, 1.82) is 0 Å². The first-order valence-electron chi connectivity index (χ1n) is 4.52. The van der Waals surface area contributed by atoms with Crippen LogP contribution in [0.5, 0.6) is 0 Å². The van der Waals surface area contributed by atoms with Gasteiger partial charge >= 0.3 is 5.97 Å². The average Bonchev–Trinajstić information content (AvgIpc) is 2.60. The zero-order valence-electron chi connectivity index (χ0n) is 6.99. The molecule has 2 atom stereocenters. The lowest BCUT2D eigenvalue weighted by Gasteiger charge is -2.24. The van der Waals surface area contributed by atoms with Gasteiger partial charge in [0.15, 0.2) is 0 Å². The van der Waals surface area contributed by atoms with Crippen molar-refractivity contribution in [2.45, 2.75) is 25.7 Å². The second-order valence-electron chi connectivity index (χ2n) is 4.22. The van der Waals surface area contributed by atoms with Crippen LogP contribution >= 0.6 is 0 Å². The fourth-order valence-electron chi connectivity index (χ4n) is 2.60. The molecule has 3 nitrogen and oxygen atoms in total. The molecule has 0 bridgehead atoms. The topological polar surface area (TPSA) is 57.5 Å². The van der Waals surface area contributed by atoms with Gasteiger partial charge in [-0.1, -0.05) is 0 Å². The molecule has 2 aliphatic rings. The zero-order valence-corrected chi connectivity index (χ0v) is 6.99. The monoisotopic (exact) mass is 170 g/mol. The Morgan fingerprint density at radius 3 is 2.42 bits per heavy atom. The molecule has 12 heavy (non-hydrogen) atoms. The van der Waals surface area contributed by atoms with Gasteiger partial charge in [-0.2, -0.15) is 0 Å². The number of carboxylic acid groups (broad SMARTS) is 1. The Balaban J connectivity index is 2.08. The highest BCUT2D eigenvalue weighted by Gasteiger charge is 2.56. The molecule has 2 N–H and O–H groups in total. The molecule has 3 heteroatoms. The Morgan fingerprint density at radius 2 is 2.00 bits per heavy atom. The van der Waals surface area contributed by atoms with Gasteiger partial charge in [-0.3, -0.25) is 4.79 Å². The normalized spacial score (nSPS) is 44.1. The number of fused-ring (bicyclic) bond motifs is 1. The summed E-state index contributed by atoms with van der Waals surface area (Å²) in [5.74, 6) is 0.615. The number of carboxylic acids is 1. The van der Waals surface area contributed by atoms with Crippen molar-refractivity contribution in [3.8, 4) is 0 Å². The molecule has 0 aromatic carbocycles. The summed E-state index contributed by atoms with van der Waals surface area (Å²) in [6.45, 7) is 0.00569. The minimum atomic E-state index is -0.705. The molecule has 2 aliphatic carbocycles. The summed E-state index contributed by atoms with van der Waals surface area (Å²) < 4.78 is 0. The standard InChI is InChI=1S/C9H14O3/c10-2-1-9(8(11)12)4-6-3-7(6)5-9/h6-7,10H,1-5H2,(H,11,12). The van der Waals surface area contributed by atoms with Crippen LogP contribution in [0.25, 0.3) is 0 Å². The summed E-state index contributed by atoms with van der Waals surface area (Å²) in [6.07, 6.45) is 3.26. The lowest BCUT2D eigenvalue weighted by molar-refractivity contribution is -0.150. The van der Waals surface area contributed by atoms with Gasteiger partial charge in [-0.25, -0.2) is 0 Å². The van der Waals surface area contributed by atoms with E-state index in [1.165, 1.54) is 6.42 Å². The highest BCUT2D eigenvalue weighted by atomic mass is 16.4. The minimum Gasteiger partial charge on any atom is -0.481 e. The van der Waals surface area contributed by atoms with E-state index in [0.717, 1.165) is 12.8 Å². The van der Waals surface area contributed by atoms with Crippen molar-refractivity contribution in [3.05, 3.63) is 0 Å². The third kappa shape index (κ3) is 1.04. The maximum absolute atomic E-state index is 11.0. The maximum atomic E-state index is 11.0. The summed E-state index contributed by atoms with van der Waals surface area (Å²) in [5.41, 5.74) is -0.567. The Kier molecular flexibility index (Phi) is 1.65. The number of hydrogen-bond acceptors (Lipinski definition) is 2. The van der Waals surface area contributed by atoms with E-state index in [9.17, 15) is 4.79 Å². The molecule has 0 aromatic heterocycles. The first-order chi connectivity index (χ1) is 5.68. The summed E-state index contributed by atoms with van der Waals surface area (Å²) in [6, 6.07) is 0. The van der Waals surface area contributed by atoms with Crippen molar-refractivity contribution in [2.75, 3.05) is 6.61 Å². The smallest absolute Gasteiger partial charge is 0.309 e. The van der Waals surface area contributed by atoms with E-state index >= 15 is 0 Å². The van der Waals surface area contributed by atoms with Gasteiger partial charge < -0.3 is 10.2 Å². The van der Waals surface area contributed by atoms with E-state index in [0.29, 0.717) is 18.3 Å². The van der Waals surface area contributed by atoms with Crippen LogP contribution in [0.1, 0.15) is 25.7 Å². The van der Waals surface area contributed by atoms with E-state index in [-0.39, 0.29) is 6.61 Å². The van der Waals surface area contributed by atoms with Gasteiger partial charge in [-0.15, -0.1) is 0 Å². The van der Waals surface area contributed by atoms with Crippen molar-refractivity contribution in [2.24, 2.45) is 17.3 Å². The molecule has 0 saturated heterocycles. The quantitative estimate of drug-likeness (QED) is 0.660. The van der Waals surface area contributed by atoms with Crippen molar-refractivity contribution in [1.82, 2.24) is 0 Å². The summed E-state index contributed by atoms with van der Waals surface area (Å²) in [4.78, 5) is 11.0. The van der Waals surface area contributed by atoms with Crippen LogP contribution in [-0.4, -0.2) is 22.8 Å². The van der Waals surface area contributed by atoms with E-state index in [1.807, 2.05) is 0 Å². The second-order valence-corrected chi connectivity index (χ2v) is 4.22. The zero-order chi connectivity index (χ0) is 8.77. The Bertz CT molecular complexity index is 202. The predicted octanol–water partition coefficient (Wildman–Crippen LogP) is 0.870. The van der Waals surface area contributed by atoms with Crippen molar-refractivity contribution < 1.29 is 15.0 Å². The van der Waals surface area contributed by atoms with Gasteiger partial charge in [0.1, 0.15) is 0 Å². The Morgan fingerprint density at radius 1 is 1.42 bits per heavy atom. The van der Waals surface area contributed by atoms with Gasteiger partial charge in [0.25, 0.3) is 0 Å². The second kappa shape index (κ2) is 2.46. The molecular weight excluding hydrogens is 156 g/mol. The molecule has 2 fully saturated rings. The molecule has 2 saturated carbocycles. The molecule has 0 amide bonds. The highest BCUT2D eigenvalue weighted by molar-refractivity contribution is 5.75. The van der Waals surface area contributed by atoms with Gasteiger partial charge in [0, 0.05) is 6.61 Å². The lowest BCUT2D eigenvalue weighted by atomic mass is 9.80. The first kappa shape index (κ1) is 8.05. The molecule has 0 aliphatic heterocycles. The average molecular weight is 170 g/mol. The first-order valence-corrected chi connectivity index (χ1v) is 4.52. The van der Waals surface area contributed by atoms with Crippen LogP contribution in [0.15, 0.2) is 0 Å². The Hall–Kier alpha value is -0.570. The largest absolute Gasteiger partial charge is 0.481 e. The van der Waals surface area contributed by atoms with Gasteiger partial charge in [0.2, 0.25) is 0 Å². The van der Waals surface area contributed by atoms with Crippen molar-refractivity contribution in [3.63, 3.8) is 0 Å². The third-order valence-corrected chi connectivity index (χ3v) is 3.42. The number of aliphatic carboxylic acids is 1. The van der Waals surface area contributed by atoms with Crippen molar-refractivity contribution >= 4 is 5.97 Å². The number of hydrogen-bond donors (Lipinski definition) is 2. The molecule has 0 radical (unpaired) electrons. The van der Waals surface area contributed by atoms with E-state index in [1.54, 1.807) is 0 Å². The number of aliphatic hydroxyl groups is 1. The van der Waals surface area contributed by atoms with E-state index < -0.39 is 11.4 Å². The minimum absolute atomic E-state index is 0.00569. The number of rotatable bonds is 3. The summed E-state index contributed by atoms with van der Waals surface area (Å²) in [7, 11) is 0. The van der Waals surface area contributed by atoms with Crippen LogP contribution in [-0.2, 0) is 4.79 Å². The molecule has 2 unspecified atom stereocenters. The maximum Gasteiger partial charge on any atom is 0.309 e. The molecule has 0 aromatic rings. The fourth-order valence-corrected chi connectivity index (χ4v) is 2.60. The molecule has 0 heterocycles. The third-order valence-electron chi connectivity index (χ3n) is 3.42. The number of carbonyl (C=O) groups is 1. The van der Waals surface area contributed by atoms with E-state index in [4.69, 9.17) is 10.2 Å². The van der Waals surface area contributed by atoms with Crippen LogP contribution in [0.4, 0.5) is 0 Å². The summed E-state index contributed by atoms with van der Waals surface area (Å²) in [5, 5.41) is 17.8. The summed E-state index contributed by atoms with van der Waals surface area (Å²) >= 11 is 0. The highest BCUT2D eigenvalue weighted by Crippen LogP contribution is 2.61. The van der Waals surface area contributed by atoms with Crippen LogP contribution in [0.3, 0.4) is 0 Å². The fraction of sp³-hybridized carbons (Fsp3) is 0.889.